The number of unbranched alkanes of at least 4 members (excludes halogenated alkanes) is 5. The fourth-order valence-corrected chi connectivity index (χ4v) is 5.98. The summed E-state index contributed by atoms with van der Waals surface area (Å²) in [6, 6.07) is 6.20. The number of halogens is 1. The molecular weight excluding hydrogens is 591 g/mol. The highest BCUT2D eigenvalue weighted by Gasteiger charge is 2.54. The summed E-state index contributed by atoms with van der Waals surface area (Å²) >= 11 is 5.94. The van der Waals surface area contributed by atoms with E-state index < -0.39 is 56.1 Å². The number of aliphatic hydroxyl groups excluding tert-OH is 1. The number of esters is 1. The number of benzene rings is 1. The number of carbonyl (C=O) groups excluding carboxylic acids is 1. The SMILES string of the molecule is CCCCCCCCOC(=O)[C@H](C)NP(=O)(OC[C@H]1O[C@@H](n2ccc(N)nc2=O)[C@](C)(O)[C@@H]1O)Oc1ccc(Cl)cc1. The van der Waals surface area contributed by atoms with Crippen molar-refractivity contribution < 1.29 is 38.1 Å². The van der Waals surface area contributed by atoms with E-state index in [0.29, 0.717) is 11.4 Å². The van der Waals surface area contributed by atoms with Gasteiger partial charge in [0.05, 0.1) is 13.2 Å². The molecule has 1 aromatic heterocycles. The summed E-state index contributed by atoms with van der Waals surface area (Å²) in [5.74, 6) is -0.553. The molecule has 1 unspecified atom stereocenters. The lowest BCUT2D eigenvalue weighted by atomic mass is 9.96. The second-order valence-electron chi connectivity index (χ2n) is 10.4. The van der Waals surface area contributed by atoms with Crippen LogP contribution in [0.5, 0.6) is 5.75 Å². The highest BCUT2D eigenvalue weighted by molar-refractivity contribution is 7.52. The molecule has 1 aliphatic rings. The van der Waals surface area contributed by atoms with Gasteiger partial charge in [-0.1, -0.05) is 50.6 Å². The Balaban J connectivity index is 1.68. The van der Waals surface area contributed by atoms with Crippen molar-refractivity contribution in [1.82, 2.24) is 14.6 Å². The van der Waals surface area contributed by atoms with Crippen LogP contribution in [0.1, 0.15) is 65.5 Å². The lowest BCUT2D eigenvalue weighted by molar-refractivity contribution is -0.145. The van der Waals surface area contributed by atoms with Gasteiger partial charge in [-0.05, 0) is 50.6 Å². The number of nitrogen functional groups attached to an aromatic ring is 1. The lowest BCUT2D eigenvalue weighted by Gasteiger charge is -2.27. The molecule has 0 radical (unpaired) electrons. The third-order valence-electron chi connectivity index (χ3n) is 6.75. The standard InChI is InChI=1S/C27H40ClN4O9P/c1-4-5-6-7-8-9-16-38-24(34)18(2)31-42(37,41-20-12-10-19(28)11-13-20)39-17-21-23(33)27(3,36)25(40-21)32-15-14-22(29)30-26(32)35/h10-15,18,21,23,25,33,36H,4-9,16-17H2,1-3H3,(H,31,37)(H2,29,30,35)/t18-,21+,23+,25+,27+,42?/m0/s1. The van der Waals surface area contributed by atoms with E-state index in [0.717, 1.165) is 30.3 Å². The van der Waals surface area contributed by atoms with E-state index in [4.69, 9.17) is 35.9 Å². The highest BCUT2D eigenvalue weighted by Crippen LogP contribution is 2.47. The van der Waals surface area contributed by atoms with Crippen LogP contribution in [-0.2, 0) is 23.4 Å². The van der Waals surface area contributed by atoms with E-state index in [-0.39, 0.29) is 18.2 Å². The normalized spacial score (nSPS) is 24.2. The molecule has 2 heterocycles. The number of rotatable bonds is 16. The van der Waals surface area contributed by atoms with Crippen LogP contribution < -0.4 is 21.0 Å². The van der Waals surface area contributed by atoms with E-state index in [1.165, 1.54) is 56.8 Å². The van der Waals surface area contributed by atoms with Crippen molar-refractivity contribution in [3.8, 4) is 5.75 Å². The Morgan fingerprint density at radius 3 is 2.57 bits per heavy atom. The molecule has 0 spiro atoms. The van der Waals surface area contributed by atoms with Crippen LogP contribution in [0.15, 0.2) is 41.3 Å². The van der Waals surface area contributed by atoms with Crippen LogP contribution >= 0.6 is 19.3 Å². The molecule has 0 aliphatic carbocycles. The first-order valence-corrected chi connectivity index (χ1v) is 15.8. The van der Waals surface area contributed by atoms with Gasteiger partial charge in [0.1, 0.15) is 35.4 Å². The first-order chi connectivity index (χ1) is 19.9. The van der Waals surface area contributed by atoms with Gasteiger partial charge in [-0.3, -0.25) is 13.9 Å². The summed E-state index contributed by atoms with van der Waals surface area (Å²) < 4.78 is 37.1. The number of carbonyl (C=O) groups is 1. The second kappa shape index (κ2) is 15.3. The predicted octanol–water partition coefficient (Wildman–Crippen LogP) is 3.57. The summed E-state index contributed by atoms with van der Waals surface area (Å²) in [4.78, 5) is 28.6. The summed E-state index contributed by atoms with van der Waals surface area (Å²) in [6.07, 6.45) is 3.23. The Kier molecular flexibility index (Phi) is 12.4. The molecule has 1 aromatic carbocycles. The monoisotopic (exact) mass is 630 g/mol. The molecule has 0 saturated carbocycles. The number of anilines is 1. The maximum Gasteiger partial charge on any atom is 0.459 e. The zero-order valence-electron chi connectivity index (χ0n) is 24.0. The summed E-state index contributed by atoms with van der Waals surface area (Å²) in [6.45, 7) is 4.53. The van der Waals surface area contributed by atoms with Crippen molar-refractivity contribution in [3.05, 3.63) is 52.0 Å². The van der Waals surface area contributed by atoms with E-state index in [2.05, 4.69) is 17.0 Å². The molecule has 1 fully saturated rings. The number of hydrogen-bond acceptors (Lipinski definition) is 11. The molecule has 0 bridgehead atoms. The van der Waals surface area contributed by atoms with E-state index in [1.54, 1.807) is 0 Å². The van der Waals surface area contributed by atoms with Crippen molar-refractivity contribution in [3.63, 3.8) is 0 Å². The number of nitrogens with one attached hydrogen (secondary N) is 1. The molecule has 1 aliphatic heterocycles. The maximum atomic E-state index is 13.9. The van der Waals surface area contributed by atoms with E-state index in [9.17, 15) is 24.4 Å². The highest BCUT2D eigenvalue weighted by atomic mass is 35.5. The zero-order valence-corrected chi connectivity index (χ0v) is 25.6. The minimum Gasteiger partial charge on any atom is -0.465 e. The molecule has 42 heavy (non-hydrogen) atoms. The van der Waals surface area contributed by atoms with Gasteiger partial charge in [0, 0.05) is 11.2 Å². The molecule has 15 heteroatoms. The third-order valence-corrected chi connectivity index (χ3v) is 8.65. The van der Waals surface area contributed by atoms with Crippen molar-refractivity contribution in [1.29, 1.82) is 0 Å². The molecule has 6 atom stereocenters. The third kappa shape index (κ3) is 9.24. The minimum absolute atomic E-state index is 0.0275. The zero-order chi connectivity index (χ0) is 30.9. The molecule has 5 N–H and O–H groups in total. The second-order valence-corrected chi connectivity index (χ2v) is 12.5. The smallest absolute Gasteiger partial charge is 0.459 e. The molecular formula is C27H40ClN4O9P. The topological polar surface area (TPSA) is 184 Å². The van der Waals surface area contributed by atoms with Gasteiger partial charge in [-0.15, -0.1) is 0 Å². The molecule has 1 saturated heterocycles. The van der Waals surface area contributed by atoms with Gasteiger partial charge < -0.3 is 29.9 Å². The number of aromatic nitrogens is 2. The maximum absolute atomic E-state index is 13.9. The summed E-state index contributed by atoms with van der Waals surface area (Å²) in [5.41, 5.74) is 2.78. The van der Waals surface area contributed by atoms with Crippen LogP contribution in [0.25, 0.3) is 0 Å². The average Bonchev–Trinajstić information content (AvgIpc) is 3.16. The Morgan fingerprint density at radius 2 is 1.90 bits per heavy atom. The van der Waals surface area contributed by atoms with Gasteiger partial charge in [0.15, 0.2) is 6.23 Å². The Morgan fingerprint density at radius 1 is 1.24 bits per heavy atom. The molecule has 13 nitrogen and oxygen atoms in total. The quantitative estimate of drug-likeness (QED) is 0.120. The predicted molar refractivity (Wildman–Crippen MR) is 156 cm³/mol. The van der Waals surface area contributed by atoms with E-state index in [1.807, 2.05) is 0 Å². The first-order valence-electron chi connectivity index (χ1n) is 13.9. The van der Waals surface area contributed by atoms with E-state index >= 15 is 0 Å². The fraction of sp³-hybridized carbons (Fsp3) is 0.593. The lowest BCUT2D eigenvalue weighted by Crippen LogP contribution is -2.46. The van der Waals surface area contributed by atoms with Crippen LogP contribution in [0.2, 0.25) is 5.02 Å². The number of nitrogens with zero attached hydrogens (tertiary/aromatic N) is 2. The average molecular weight is 631 g/mol. The van der Waals surface area contributed by atoms with Gasteiger partial charge in [0.25, 0.3) is 0 Å². The molecule has 2 aromatic rings. The van der Waals surface area contributed by atoms with Crippen molar-refractivity contribution >= 4 is 31.1 Å². The number of ether oxygens (including phenoxy) is 2. The van der Waals surface area contributed by atoms with Crippen LogP contribution in [0, 0.1) is 0 Å². The number of nitrogens with two attached hydrogens (primary N) is 1. The number of aliphatic hydroxyl groups is 2. The van der Waals surface area contributed by atoms with Crippen LogP contribution in [0.4, 0.5) is 5.82 Å². The van der Waals surface area contributed by atoms with Crippen molar-refractivity contribution in [2.75, 3.05) is 18.9 Å². The van der Waals surface area contributed by atoms with Crippen LogP contribution in [0.3, 0.4) is 0 Å². The first kappa shape index (κ1) is 34.0. The van der Waals surface area contributed by atoms with Gasteiger partial charge in [0.2, 0.25) is 0 Å². The Labute approximate surface area is 249 Å². The van der Waals surface area contributed by atoms with Crippen molar-refractivity contribution in [2.24, 2.45) is 0 Å². The molecule has 0 amide bonds. The largest absolute Gasteiger partial charge is 0.465 e. The summed E-state index contributed by atoms with van der Waals surface area (Å²) in [5, 5.41) is 24.8. The Bertz CT molecular complexity index is 1280. The fourth-order valence-electron chi connectivity index (χ4n) is 4.35. The molecule has 234 valence electrons. The van der Waals surface area contributed by atoms with Gasteiger partial charge in [-0.2, -0.15) is 10.1 Å². The van der Waals surface area contributed by atoms with Crippen LogP contribution in [-0.4, -0.2) is 62.8 Å². The summed E-state index contributed by atoms with van der Waals surface area (Å²) in [7, 11) is -4.32. The minimum atomic E-state index is -4.32. The van der Waals surface area contributed by atoms with Gasteiger partial charge >= 0.3 is 19.4 Å². The van der Waals surface area contributed by atoms with Crippen molar-refractivity contribution in [2.45, 2.75) is 89.4 Å². The Hall–Kier alpha value is -2.51. The number of hydrogen-bond donors (Lipinski definition) is 4. The van der Waals surface area contributed by atoms with Gasteiger partial charge in [-0.25, -0.2) is 9.36 Å². The molecule has 3 rings (SSSR count).